The molecular formula is C15H21FN2. The standard InChI is InChI=1S/C15H21FN2/c16-15-7-2-1-5-13(15)11-17-9-10-18-8-4-3-6-14(18)12-17/h1-2,5,7,14H,3-4,6,8-12H2. The molecule has 2 fully saturated rings. The Labute approximate surface area is 108 Å². The van der Waals surface area contributed by atoms with Crippen molar-refractivity contribution >= 4 is 0 Å². The van der Waals surface area contributed by atoms with Gasteiger partial charge in [0, 0.05) is 37.8 Å². The molecule has 0 amide bonds. The maximum Gasteiger partial charge on any atom is 0.127 e. The van der Waals surface area contributed by atoms with Gasteiger partial charge in [-0.1, -0.05) is 24.6 Å². The molecule has 0 bridgehead atoms. The van der Waals surface area contributed by atoms with Crippen molar-refractivity contribution in [3.05, 3.63) is 35.6 Å². The first-order valence-electron chi connectivity index (χ1n) is 7.03. The summed E-state index contributed by atoms with van der Waals surface area (Å²) < 4.78 is 13.6. The molecule has 2 aliphatic rings. The van der Waals surface area contributed by atoms with Gasteiger partial charge in [-0.3, -0.25) is 9.80 Å². The van der Waals surface area contributed by atoms with Crippen molar-refractivity contribution in [2.24, 2.45) is 0 Å². The molecule has 2 saturated heterocycles. The Hall–Kier alpha value is -0.930. The zero-order valence-corrected chi connectivity index (χ0v) is 10.8. The summed E-state index contributed by atoms with van der Waals surface area (Å²) >= 11 is 0. The van der Waals surface area contributed by atoms with Crippen LogP contribution in [0.4, 0.5) is 4.39 Å². The molecule has 1 unspecified atom stereocenters. The van der Waals surface area contributed by atoms with Crippen LogP contribution in [0.3, 0.4) is 0 Å². The Morgan fingerprint density at radius 1 is 1.11 bits per heavy atom. The molecule has 0 aliphatic carbocycles. The Balaban J connectivity index is 1.63. The molecule has 0 spiro atoms. The van der Waals surface area contributed by atoms with E-state index in [9.17, 15) is 4.39 Å². The van der Waals surface area contributed by atoms with E-state index in [2.05, 4.69) is 9.80 Å². The lowest BCUT2D eigenvalue weighted by molar-refractivity contribution is 0.0452. The molecule has 2 nitrogen and oxygen atoms in total. The van der Waals surface area contributed by atoms with Crippen LogP contribution in [-0.4, -0.2) is 42.0 Å². The average molecular weight is 248 g/mol. The van der Waals surface area contributed by atoms with Gasteiger partial charge in [-0.25, -0.2) is 4.39 Å². The summed E-state index contributed by atoms with van der Waals surface area (Å²) in [4.78, 5) is 5.02. The monoisotopic (exact) mass is 248 g/mol. The van der Waals surface area contributed by atoms with Crippen LogP contribution < -0.4 is 0 Å². The van der Waals surface area contributed by atoms with E-state index in [0.29, 0.717) is 6.04 Å². The third kappa shape index (κ3) is 2.57. The van der Waals surface area contributed by atoms with Crippen LogP contribution in [-0.2, 0) is 6.54 Å². The summed E-state index contributed by atoms with van der Waals surface area (Å²) in [5.41, 5.74) is 0.835. The molecule has 2 aliphatic heterocycles. The van der Waals surface area contributed by atoms with E-state index in [1.807, 2.05) is 12.1 Å². The van der Waals surface area contributed by atoms with Gasteiger partial charge in [0.15, 0.2) is 0 Å². The molecule has 0 N–H and O–H groups in total. The zero-order chi connectivity index (χ0) is 12.4. The van der Waals surface area contributed by atoms with Crippen molar-refractivity contribution in [2.75, 3.05) is 26.2 Å². The minimum atomic E-state index is -0.0661. The van der Waals surface area contributed by atoms with Gasteiger partial charge in [0.2, 0.25) is 0 Å². The summed E-state index contributed by atoms with van der Waals surface area (Å²) in [7, 11) is 0. The maximum atomic E-state index is 13.6. The first-order chi connectivity index (χ1) is 8.83. The van der Waals surface area contributed by atoms with E-state index in [0.717, 1.165) is 31.7 Å². The number of piperazine rings is 1. The number of fused-ring (bicyclic) bond motifs is 1. The minimum Gasteiger partial charge on any atom is -0.298 e. The molecule has 1 aromatic rings. The highest BCUT2D eigenvalue weighted by Gasteiger charge is 2.28. The quantitative estimate of drug-likeness (QED) is 0.793. The highest BCUT2D eigenvalue weighted by atomic mass is 19.1. The fourth-order valence-electron chi connectivity index (χ4n) is 3.23. The van der Waals surface area contributed by atoms with Crippen molar-refractivity contribution < 1.29 is 4.39 Å². The summed E-state index contributed by atoms with van der Waals surface area (Å²) in [5, 5.41) is 0. The highest BCUT2D eigenvalue weighted by molar-refractivity contribution is 5.17. The molecule has 1 aromatic carbocycles. The molecule has 3 rings (SSSR count). The fourth-order valence-corrected chi connectivity index (χ4v) is 3.23. The number of halogens is 1. The number of benzene rings is 1. The van der Waals surface area contributed by atoms with Crippen molar-refractivity contribution in [1.29, 1.82) is 0 Å². The lowest BCUT2D eigenvalue weighted by atomic mass is 9.99. The van der Waals surface area contributed by atoms with Gasteiger partial charge < -0.3 is 0 Å². The van der Waals surface area contributed by atoms with Gasteiger partial charge in [0.25, 0.3) is 0 Å². The molecule has 0 aromatic heterocycles. The van der Waals surface area contributed by atoms with Crippen molar-refractivity contribution in [3.63, 3.8) is 0 Å². The second kappa shape index (κ2) is 5.37. The molecule has 0 saturated carbocycles. The first kappa shape index (κ1) is 12.1. The van der Waals surface area contributed by atoms with E-state index < -0.39 is 0 Å². The predicted octanol–water partition coefficient (Wildman–Crippen LogP) is 2.50. The molecule has 3 heteroatoms. The Morgan fingerprint density at radius 2 is 2.00 bits per heavy atom. The number of hydrogen-bond acceptors (Lipinski definition) is 2. The van der Waals surface area contributed by atoms with E-state index in [-0.39, 0.29) is 5.82 Å². The summed E-state index contributed by atoms with van der Waals surface area (Å²) in [6.45, 7) is 5.35. The van der Waals surface area contributed by atoms with Gasteiger partial charge in [-0.2, -0.15) is 0 Å². The summed E-state index contributed by atoms with van der Waals surface area (Å²) in [6, 6.07) is 7.86. The third-order valence-electron chi connectivity index (χ3n) is 4.27. The maximum absolute atomic E-state index is 13.6. The molecule has 0 radical (unpaired) electrons. The van der Waals surface area contributed by atoms with Crippen LogP contribution in [0.1, 0.15) is 24.8 Å². The van der Waals surface area contributed by atoms with Crippen molar-refractivity contribution in [1.82, 2.24) is 9.80 Å². The van der Waals surface area contributed by atoms with Crippen molar-refractivity contribution in [2.45, 2.75) is 31.8 Å². The van der Waals surface area contributed by atoms with E-state index in [4.69, 9.17) is 0 Å². The molecule has 2 heterocycles. The first-order valence-corrected chi connectivity index (χ1v) is 7.03. The van der Waals surface area contributed by atoms with Crippen LogP contribution in [0.25, 0.3) is 0 Å². The lowest BCUT2D eigenvalue weighted by Gasteiger charge is -2.44. The normalized spacial score (nSPS) is 25.9. The third-order valence-corrected chi connectivity index (χ3v) is 4.27. The molecule has 18 heavy (non-hydrogen) atoms. The second-order valence-electron chi connectivity index (χ2n) is 5.51. The number of piperidine rings is 1. The van der Waals surface area contributed by atoms with Crippen molar-refractivity contribution in [3.8, 4) is 0 Å². The Kier molecular flexibility index (Phi) is 3.62. The van der Waals surface area contributed by atoms with Gasteiger partial charge in [0.05, 0.1) is 0 Å². The smallest absolute Gasteiger partial charge is 0.127 e. The van der Waals surface area contributed by atoms with Crippen LogP contribution in [0.5, 0.6) is 0 Å². The van der Waals surface area contributed by atoms with Gasteiger partial charge in [0.1, 0.15) is 5.82 Å². The SMILES string of the molecule is Fc1ccccc1CN1CCN2CCCCC2C1. The van der Waals surface area contributed by atoms with E-state index in [1.165, 1.54) is 25.8 Å². The summed E-state index contributed by atoms with van der Waals surface area (Å²) in [6.07, 6.45) is 4.02. The molecule has 98 valence electrons. The predicted molar refractivity (Wildman–Crippen MR) is 70.9 cm³/mol. The van der Waals surface area contributed by atoms with Crippen LogP contribution >= 0.6 is 0 Å². The number of rotatable bonds is 2. The summed E-state index contributed by atoms with van der Waals surface area (Å²) in [5.74, 6) is -0.0661. The largest absolute Gasteiger partial charge is 0.298 e. The minimum absolute atomic E-state index is 0.0661. The average Bonchev–Trinajstić information content (AvgIpc) is 2.41. The highest BCUT2D eigenvalue weighted by Crippen LogP contribution is 2.22. The van der Waals surface area contributed by atoms with Gasteiger partial charge in [-0.15, -0.1) is 0 Å². The van der Waals surface area contributed by atoms with Gasteiger partial charge in [-0.05, 0) is 25.5 Å². The second-order valence-corrected chi connectivity index (χ2v) is 5.51. The number of nitrogens with zero attached hydrogens (tertiary/aromatic N) is 2. The van der Waals surface area contributed by atoms with E-state index in [1.54, 1.807) is 12.1 Å². The molecular weight excluding hydrogens is 227 g/mol. The zero-order valence-electron chi connectivity index (χ0n) is 10.8. The fraction of sp³-hybridized carbons (Fsp3) is 0.600. The Morgan fingerprint density at radius 3 is 2.89 bits per heavy atom. The van der Waals surface area contributed by atoms with Crippen LogP contribution in [0, 0.1) is 5.82 Å². The topological polar surface area (TPSA) is 6.48 Å². The molecule has 1 atom stereocenters. The van der Waals surface area contributed by atoms with Crippen LogP contribution in [0.2, 0.25) is 0 Å². The lowest BCUT2D eigenvalue weighted by Crippen LogP contribution is -2.54. The van der Waals surface area contributed by atoms with Crippen LogP contribution in [0.15, 0.2) is 24.3 Å². The van der Waals surface area contributed by atoms with Gasteiger partial charge >= 0.3 is 0 Å². The Bertz CT molecular complexity index is 407. The number of hydrogen-bond donors (Lipinski definition) is 0. The van der Waals surface area contributed by atoms with E-state index >= 15 is 0 Å².